The van der Waals surface area contributed by atoms with Gasteiger partial charge in [-0.2, -0.15) is 8.78 Å². The quantitative estimate of drug-likeness (QED) is 0.439. The van der Waals surface area contributed by atoms with Gasteiger partial charge < -0.3 is 0 Å². The fourth-order valence-electron chi connectivity index (χ4n) is 0.265. The summed E-state index contributed by atoms with van der Waals surface area (Å²) in [5.74, 6) is -4.19. The van der Waals surface area contributed by atoms with E-state index in [0.29, 0.717) is 0 Å². The molecule has 1 amide bonds. The summed E-state index contributed by atoms with van der Waals surface area (Å²) in [4.78, 5) is 9.85. The van der Waals surface area contributed by atoms with Crippen LogP contribution in [0.15, 0.2) is 22.0 Å². The minimum Gasteiger partial charge on any atom is -0.262 e. The van der Waals surface area contributed by atoms with E-state index in [4.69, 9.17) is 0 Å². The molecule has 0 saturated carbocycles. The highest BCUT2D eigenvalue weighted by atomic mass is 19.2. The van der Waals surface area contributed by atoms with E-state index >= 15 is 0 Å². The van der Waals surface area contributed by atoms with Crippen molar-refractivity contribution in [2.45, 2.75) is 0 Å². The highest BCUT2D eigenvalue weighted by Crippen LogP contribution is 2.17. The van der Waals surface area contributed by atoms with Crippen molar-refractivity contribution < 1.29 is 13.6 Å². The molecule has 1 aliphatic heterocycles. The van der Waals surface area contributed by atoms with Gasteiger partial charge in [0.2, 0.25) is 5.83 Å². The molecule has 5 heteroatoms. The maximum absolute atomic E-state index is 11.7. The Labute approximate surface area is 42.7 Å². The average Bonchev–Trinajstić information content (AvgIpc) is 1.98. The Morgan fingerprint density at radius 1 is 1.25 bits per heavy atom. The van der Waals surface area contributed by atoms with Gasteiger partial charge in [-0.1, -0.05) is 0 Å². The lowest BCUT2D eigenvalue weighted by molar-refractivity contribution is -0.115. The van der Waals surface area contributed by atoms with Gasteiger partial charge in [-0.05, 0) is 0 Å². The number of nitrogens with zero attached hydrogens (tertiary/aromatic N) is 2. The van der Waals surface area contributed by atoms with E-state index in [1.807, 2.05) is 0 Å². The lowest BCUT2D eigenvalue weighted by Crippen LogP contribution is -1.86. The van der Waals surface area contributed by atoms with Crippen LogP contribution in [0.1, 0.15) is 0 Å². The van der Waals surface area contributed by atoms with Crippen LogP contribution >= 0.6 is 0 Å². The lowest BCUT2D eigenvalue weighted by Gasteiger charge is -1.73. The van der Waals surface area contributed by atoms with E-state index in [2.05, 4.69) is 10.2 Å². The Balaban J connectivity index is 3.02. The first-order chi connectivity index (χ1) is 3.72. The van der Waals surface area contributed by atoms with Crippen molar-refractivity contribution in [1.29, 1.82) is 0 Å². The Kier molecular flexibility index (Phi) is 0.896. The molecule has 0 fully saturated rings. The highest BCUT2D eigenvalue weighted by Gasteiger charge is 2.20. The van der Waals surface area contributed by atoms with Gasteiger partial charge in [0.25, 0.3) is 5.95 Å². The zero-order valence-corrected chi connectivity index (χ0v) is 3.56. The zero-order valence-electron chi connectivity index (χ0n) is 3.56. The fourth-order valence-corrected chi connectivity index (χ4v) is 0.265. The minimum absolute atomic E-state index is 1.25. The van der Waals surface area contributed by atoms with Crippen LogP contribution in [0, 0.1) is 0 Å². The molecule has 0 saturated heterocycles. The third kappa shape index (κ3) is 0.518. The van der Waals surface area contributed by atoms with Crippen LogP contribution in [-0.2, 0) is 4.79 Å². The zero-order chi connectivity index (χ0) is 6.15. The topological polar surface area (TPSA) is 41.8 Å². The molecule has 0 aromatic carbocycles. The second-order valence-electron chi connectivity index (χ2n) is 1.11. The van der Waals surface area contributed by atoms with E-state index in [9.17, 15) is 13.6 Å². The highest BCUT2D eigenvalue weighted by molar-refractivity contribution is 5.93. The first-order valence-corrected chi connectivity index (χ1v) is 1.73. The number of hydrogen-bond donors (Lipinski definition) is 0. The Morgan fingerprint density at radius 2 is 1.88 bits per heavy atom. The van der Waals surface area contributed by atoms with Crippen LogP contribution in [0.5, 0.6) is 0 Å². The SMILES string of the molecule is O=C1N=NC(F)=C1F. The maximum atomic E-state index is 11.7. The lowest BCUT2D eigenvalue weighted by atomic mass is 10.6. The summed E-state index contributed by atoms with van der Waals surface area (Å²) in [6.45, 7) is 0. The number of amides is 1. The molecule has 1 heterocycles. The largest absolute Gasteiger partial charge is 0.329 e. The molecule has 1 aliphatic rings. The molecule has 8 heavy (non-hydrogen) atoms. The first-order valence-electron chi connectivity index (χ1n) is 1.73. The molecule has 42 valence electrons. The summed E-state index contributed by atoms with van der Waals surface area (Å²) < 4.78 is 23.3. The summed E-state index contributed by atoms with van der Waals surface area (Å²) in [6.07, 6.45) is 0. The fraction of sp³-hybridized carbons (Fsp3) is 0. The maximum Gasteiger partial charge on any atom is 0.329 e. The van der Waals surface area contributed by atoms with Gasteiger partial charge >= 0.3 is 5.91 Å². The number of carbonyl (C=O) groups is 1. The van der Waals surface area contributed by atoms with Crippen LogP contribution in [0.3, 0.4) is 0 Å². The Hall–Kier alpha value is -1.13. The normalized spacial score (nSPS) is 18.5. The van der Waals surface area contributed by atoms with E-state index in [1.54, 1.807) is 0 Å². The summed E-state index contributed by atoms with van der Waals surface area (Å²) >= 11 is 0. The first kappa shape index (κ1) is 5.02. The molecule has 1 rings (SSSR count). The van der Waals surface area contributed by atoms with Gasteiger partial charge in [-0.25, -0.2) is 0 Å². The van der Waals surface area contributed by atoms with Crippen LogP contribution in [0.25, 0.3) is 0 Å². The van der Waals surface area contributed by atoms with Crippen LogP contribution in [0.4, 0.5) is 8.78 Å². The Morgan fingerprint density at radius 3 is 2.00 bits per heavy atom. The van der Waals surface area contributed by atoms with Crippen LogP contribution < -0.4 is 0 Å². The summed E-state index contributed by atoms with van der Waals surface area (Å²) in [5, 5.41) is 5.07. The number of rotatable bonds is 0. The second-order valence-corrected chi connectivity index (χ2v) is 1.11. The Bertz CT molecular complexity index is 191. The molecule has 0 unspecified atom stereocenters. The van der Waals surface area contributed by atoms with Crippen LogP contribution in [0.2, 0.25) is 0 Å². The third-order valence-electron chi connectivity index (χ3n) is 0.598. The molecule has 0 spiro atoms. The van der Waals surface area contributed by atoms with Crippen molar-refractivity contribution in [2.75, 3.05) is 0 Å². The van der Waals surface area contributed by atoms with Gasteiger partial charge in [0, 0.05) is 0 Å². The molecule has 0 atom stereocenters. The van der Waals surface area contributed by atoms with Gasteiger partial charge in [0.1, 0.15) is 0 Å². The third-order valence-corrected chi connectivity index (χ3v) is 0.598. The molecule has 0 aliphatic carbocycles. The van der Waals surface area contributed by atoms with Gasteiger partial charge in [-0.3, -0.25) is 4.79 Å². The van der Waals surface area contributed by atoms with Crippen molar-refractivity contribution in [2.24, 2.45) is 10.2 Å². The van der Waals surface area contributed by atoms with E-state index in [-0.39, 0.29) is 0 Å². The number of hydrogen-bond acceptors (Lipinski definition) is 2. The molecule has 3 nitrogen and oxygen atoms in total. The van der Waals surface area contributed by atoms with Crippen LogP contribution in [-0.4, -0.2) is 5.91 Å². The minimum atomic E-state index is -1.51. The monoisotopic (exact) mass is 118 g/mol. The molecule has 0 radical (unpaired) electrons. The van der Waals surface area contributed by atoms with E-state index in [1.165, 1.54) is 0 Å². The summed E-state index contributed by atoms with van der Waals surface area (Å²) in [6, 6.07) is 0. The number of halogens is 2. The standard InChI is InChI=1S/C3F2N2O/c4-1-2(5)6-7-3(1)8. The van der Waals surface area contributed by atoms with Crippen molar-refractivity contribution in [3.05, 3.63) is 11.8 Å². The van der Waals surface area contributed by atoms with Gasteiger partial charge in [0.15, 0.2) is 0 Å². The summed E-state index contributed by atoms with van der Waals surface area (Å²) in [7, 11) is 0. The number of carbonyl (C=O) groups excluding carboxylic acids is 1. The van der Waals surface area contributed by atoms with Crippen molar-refractivity contribution in [3.63, 3.8) is 0 Å². The molecular formula is C3F2N2O. The number of azo groups is 1. The molecule has 0 bridgehead atoms. The van der Waals surface area contributed by atoms with E-state index in [0.717, 1.165) is 0 Å². The van der Waals surface area contributed by atoms with Crippen molar-refractivity contribution >= 4 is 5.91 Å². The molecule has 0 N–H and O–H groups in total. The van der Waals surface area contributed by atoms with Gasteiger partial charge in [-0.15, -0.1) is 10.2 Å². The average molecular weight is 118 g/mol. The molecular weight excluding hydrogens is 118 g/mol. The summed E-state index contributed by atoms with van der Waals surface area (Å²) in [5.41, 5.74) is 0. The van der Waals surface area contributed by atoms with Crippen molar-refractivity contribution in [1.82, 2.24) is 0 Å². The molecule has 0 aromatic rings. The predicted octanol–water partition coefficient (Wildman–Crippen LogP) is 1.09. The second kappa shape index (κ2) is 1.43. The predicted molar refractivity (Wildman–Crippen MR) is 19.1 cm³/mol. The molecule has 0 aromatic heterocycles. The van der Waals surface area contributed by atoms with E-state index < -0.39 is 17.7 Å². The van der Waals surface area contributed by atoms with Crippen molar-refractivity contribution in [3.8, 4) is 0 Å². The smallest absolute Gasteiger partial charge is 0.262 e. The van der Waals surface area contributed by atoms with Gasteiger partial charge in [0.05, 0.1) is 0 Å².